The number of hydrogen-bond donors (Lipinski definition) is 1. The first-order chi connectivity index (χ1) is 19.5. The van der Waals surface area contributed by atoms with E-state index in [1.807, 2.05) is 63.2 Å². The summed E-state index contributed by atoms with van der Waals surface area (Å²) in [6.45, 7) is 5.96. The maximum absolute atomic E-state index is 13.8. The summed E-state index contributed by atoms with van der Waals surface area (Å²) >= 11 is 0. The third-order valence-electron chi connectivity index (χ3n) is 6.75. The Morgan fingerprint density at radius 3 is 2.05 bits per heavy atom. The van der Waals surface area contributed by atoms with Crippen molar-refractivity contribution in [1.29, 1.82) is 0 Å². The molecule has 1 N–H and O–H groups in total. The lowest BCUT2D eigenvalue weighted by molar-refractivity contribution is -0.141. The van der Waals surface area contributed by atoms with Crippen LogP contribution in [0.2, 0.25) is 0 Å². The van der Waals surface area contributed by atoms with Crippen molar-refractivity contribution in [2.75, 3.05) is 17.1 Å². The van der Waals surface area contributed by atoms with Crippen molar-refractivity contribution in [3.63, 3.8) is 0 Å². The van der Waals surface area contributed by atoms with E-state index in [4.69, 9.17) is 0 Å². The van der Waals surface area contributed by atoms with Gasteiger partial charge in [0.15, 0.2) is 0 Å². The van der Waals surface area contributed by atoms with Crippen LogP contribution < -0.4 is 9.62 Å². The second-order valence-electron chi connectivity index (χ2n) is 10.5. The lowest BCUT2D eigenvalue weighted by Gasteiger charge is -2.32. The van der Waals surface area contributed by atoms with Crippen molar-refractivity contribution in [1.82, 2.24) is 10.2 Å². The minimum atomic E-state index is -3.58. The fourth-order valence-electron chi connectivity index (χ4n) is 4.62. The highest BCUT2D eigenvalue weighted by Gasteiger charge is 2.31. The number of sulfonamides is 1. The summed E-state index contributed by atoms with van der Waals surface area (Å²) in [5.41, 5.74) is 3.22. The zero-order valence-electron chi connectivity index (χ0n) is 24.2. The molecule has 1 unspecified atom stereocenters. The van der Waals surface area contributed by atoms with E-state index in [1.54, 1.807) is 24.3 Å². The number of carbonyl (C=O) groups excluding carboxylic acids is 2. The van der Waals surface area contributed by atoms with Gasteiger partial charge in [-0.2, -0.15) is 0 Å². The normalized spacial score (nSPS) is 12.1. The second-order valence-corrected chi connectivity index (χ2v) is 12.4. The average molecular weight is 582 g/mol. The summed E-state index contributed by atoms with van der Waals surface area (Å²) in [6, 6.07) is 21.7. The molecule has 3 aromatic rings. The van der Waals surface area contributed by atoms with E-state index < -0.39 is 21.9 Å². The van der Waals surface area contributed by atoms with Crippen molar-refractivity contribution < 1.29 is 22.4 Å². The van der Waals surface area contributed by atoms with Gasteiger partial charge in [-0.1, -0.05) is 61.5 Å². The first kappa shape index (κ1) is 31.8. The Labute approximate surface area is 243 Å². The smallest absolute Gasteiger partial charge is 0.243 e. The number of amides is 2. The summed E-state index contributed by atoms with van der Waals surface area (Å²) in [6.07, 6.45) is 2.57. The van der Waals surface area contributed by atoms with Gasteiger partial charge in [0.25, 0.3) is 0 Å². The SMILES string of the molecule is CCc1ccc(N(CCCC(=O)N(Cc2ccc(F)cc2)C(Cc2ccccc2)C(=O)NC(C)C)S(C)(=O)=O)cc1. The number of halogens is 1. The molecule has 0 saturated heterocycles. The van der Waals surface area contributed by atoms with Crippen LogP contribution >= 0.6 is 0 Å². The molecule has 0 spiro atoms. The summed E-state index contributed by atoms with van der Waals surface area (Å²) < 4.78 is 40.2. The molecule has 0 bridgehead atoms. The Hall–Kier alpha value is -3.72. The second kappa shape index (κ2) is 14.8. The molecule has 220 valence electrons. The van der Waals surface area contributed by atoms with Gasteiger partial charge in [0.05, 0.1) is 11.9 Å². The molecule has 0 aromatic heterocycles. The molecular formula is C32H40FN3O4S. The summed E-state index contributed by atoms with van der Waals surface area (Å²) in [5.74, 6) is -0.963. The van der Waals surface area contributed by atoms with Gasteiger partial charge in [-0.3, -0.25) is 13.9 Å². The lowest BCUT2D eigenvalue weighted by Crippen LogP contribution is -2.51. The number of anilines is 1. The number of aryl methyl sites for hydroxylation is 1. The Balaban J connectivity index is 1.86. The van der Waals surface area contributed by atoms with E-state index in [9.17, 15) is 22.4 Å². The Kier molecular flexibility index (Phi) is 11.5. The number of benzene rings is 3. The van der Waals surface area contributed by atoms with Gasteiger partial charge in [-0.05, 0) is 67.6 Å². The number of rotatable bonds is 14. The number of nitrogens with zero attached hydrogens (tertiary/aromatic N) is 2. The van der Waals surface area contributed by atoms with E-state index in [0.717, 1.165) is 23.8 Å². The van der Waals surface area contributed by atoms with Crippen LogP contribution in [0.15, 0.2) is 78.9 Å². The third kappa shape index (κ3) is 9.70. The van der Waals surface area contributed by atoms with E-state index in [-0.39, 0.29) is 43.8 Å². The quantitative estimate of drug-likeness (QED) is 0.287. The Bertz CT molecular complexity index is 1380. The molecule has 0 saturated carbocycles. The molecular weight excluding hydrogens is 541 g/mol. The highest BCUT2D eigenvalue weighted by atomic mass is 32.2. The first-order valence-electron chi connectivity index (χ1n) is 13.9. The molecule has 7 nitrogen and oxygen atoms in total. The summed E-state index contributed by atoms with van der Waals surface area (Å²) in [5, 5.41) is 2.94. The Morgan fingerprint density at radius 1 is 0.878 bits per heavy atom. The predicted octanol–water partition coefficient (Wildman–Crippen LogP) is 5.10. The maximum atomic E-state index is 13.8. The third-order valence-corrected chi connectivity index (χ3v) is 7.95. The molecule has 0 radical (unpaired) electrons. The molecule has 41 heavy (non-hydrogen) atoms. The molecule has 9 heteroatoms. The Morgan fingerprint density at radius 2 is 1.49 bits per heavy atom. The van der Waals surface area contributed by atoms with Crippen LogP contribution in [0.25, 0.3) is 0 Å². The van der Waals surface area contributed by atoms with Crippen LogP contribution in [0.5, 0.6) is 0 Å². The van der Waals surface area contributed by atoms with Gasteiger partial charge in [0.2, 0.25) is 21.8 Å². The maximum Gasteiger partial charge on any atom is 0.243 e. The van der Waals surface area contributed by atoms with E-state index >= 15 is 0 Å². The van der Waals surface area contributed by atoms with Crippen molar-refractivity contribution in [2.45, 2.75) is 65.1 Å². The van der Waals surface area contributed by atoms with E-state index in [2.05, 4.69) is 5.32 Å². The van der Waals surface area contributed by atoms with Gasteiger partial charge < -0.3 is 10.2 Å². The summed E-state index contributed by atoms with van der Waals surface area (Å²) in [4.78, 5) is 28.8. The van der Waals surface area contributed by atoms with Crippen molar-refractivity contribution in [2.24, 2.45) is 0 Å². The van der Waals surface area contributed by atoms with Crippen molar-refractivity contribution >= 4 is 27.5 Å². The molecule has 1 atom stereocenters. The average Bonchev–Trinajstić information content (AvgIpc) is 2.93. The highest BCUT2D eigenvalue weighted by Crippen LogP contribution is 2.21. The molecule has 3 aromatic carbocycles. The van der Waals surface area contributed by atoms with Crippen LogP contribution in [0.1, 0.15) is 50.3 Å². The predicted molar refractivity (Wildman–Crippen MR) is 161 cm³/mol. The molecule has 0 aliphatic carbocycles. The molecule has 0 aliphatic heterocycles. The zero-order valence-corrected chi connectivity index (χ0v) is 25.0. The van der Waals surface area contributed by atoms with Crippen LogP contribution in [-0.4, -0.2) is 50.0 Å². The van der Waals surface area contributed by atoms with E-state index in [1.165, 1.54) is 21.3 Å². The molecule has 0 heterocycles. The highest BCUT2D eigenvalue weighted by molar-refractivity contribution is 7.92. The fraction of sp³-hybridized carbons (Fsp3) is 0.375. The zero-order chi connectivity index (χ0) is 30.0. The van der Waals surface area contributed by atoms with Crippen molar-refractivity contribution in [3.8, 4) is 0 Å². The molecule has 0 aliphatic rings. The van der Waals surface area contributed by atoms with Gasteiger partial charge in [0.1, 0.15) is 11.9 Å². The molecule has 2 amide bonds. The summed E-state index contributed by atoms with van der Waals surface area (Å²) in [7, 11) is -3.58. The van der Waals surface area contributed by atoms with Crippen LogP contribution in [0.3, 0.4) is 0 Å². The standard InChI is InChI=1S/C32H40FN3O4S/c1-5-25-15-19-29(20-16-25)36(41(4,39)40)21-9-12-31(37)35(23-27-13-17-28(33)18-14-27)30(32(38)34-24(2)3)22-26-10-7-6-8-11-26/h6-8,10-11,13-20,24,30H,5,9,12,21-23H2,1-4H3,(H,34,38). The molecule has 0 fully saturated rings. The minimum absolute atomic E-state index is 0.0283. The number of carbonyl (C=O) groups is 2. The van der Waals surface area contributed by atoms with Crippen LogP contribution in [0, 0.1) is 5.82 Å². The van der Waals surface area contributed by atoms with Crippen LogP contribution in [-0.2, 0) is 39.0 Å². The topological polar surface area (TPSA) is 86.8 Å². The molecule has 3 rings (SSSR count). The number of hydrogen-bond acceptors (Lipinski definition) is 4. The van der Waals surface area contributed by atoms with Crippen LogP contribution in [0.4, 0.5) is 10.1 Å². The van der Waals surface area contributed by atoms with E-state index in [0.29, 0.717) is 17.7 Å². The largest absolute Gasteiger partial charge is 0.352 e. The van der Waals surface area contributed by atoms with Gasteiger partial charge in [-0.25, -0.2) is 12.8 Å². The fourth-order valence-corrected chi connectivity index (χ4v) is 5.59. The number of nitrogens with one attached hydrogen (secondary N) is 1. The minimum Gasteiger partial charge on any atom is -0.352 e. The van der Waals surface area contributed by atoms with Gasteiger partial charge >= 0.3 is 0 Å². The lowest BCUT2D eigenvalue weighted by atomic mass is 10.0. The van der Waals surface area contributed by atoms with Gasteiger partial charge in [-0.15, -0.1) is 0 Å². The monoisotopic (exact) mass is 581 g/mol. The van der Waals surface area contributed by atoms with Crippen molar-refractivity contribution in [3.05, 3.63) is 101 Å². The first-order valence-corrected chi connectivity index (χ1v) is 15.8. The van der Waals surface area contributed by atoms with Gasteiger partial charge in [0, 0.05) is 32.0 Å².